The number of aryl methyl sites for hydroxylation is 1. The van der Waals surface area contributed by atoms with E-state index in [0.29, 0.717) is 17.0 Å². The number of rotatable bonds is 9. The van der Waals surface area contributed by atoms with Crippen LogP contribution in [0.5, 0.6) is 5.75 Å². The molecule has 0 bridgehead atoms. The fourth-order valence-electron chi connectivity index (χ4n) is 4.27. The fraction of sp³-hybridized carbons (Fsp3) is 0.286. The van der Waals surface area contributed by atoms with Crippen LogP contribution < -0.4 is 9.64 Å². The van der Waals surface area contributed by atoms with E-state index in [1.54, 1.807) is 23.5 Å². The van der Waals surface area contributed by atoms with Crippen molar-refractivity contribution in [2.75, 3.05) is 18.8 Å². The molecule has 1 N–H and O–H groups in total. The number of carbonyl (C=O) groups is 2. The number of thiophene rings is 1. The molecular formula is C28H29NO5S. The molecule has 1 aliphatic heterocycles. The van der Waals surface area contributed by atoms with Gasteiger partial charge < -0.3 is 14.6 Å². The number of hydrogen-bond acceptors (Lipinski definition) is 6. The van der Waals surface area contributed by atoms with Gasteiger partial charge in [0, 0.05) is 34.5 Å². The minimum Gasteiger partial charge on any atom is -0.503 e. The highest BCUT2D eigenvalue weighted by Crippen LogP contribution is 2.45. The van der Waals surface area contributed by atoms with Crippen LogP contribution in [0, 0.1) is 12.8 Å². The summed E-state index contributed by atoms with van der Waals surface area (Å²) in [4.78, 5) is 30.5. The summed E-state index contributed by atoms with van der Waals surface area (Å²) in [5.74, 6) is -0.831. The summed E-state index contributed by atoms with van der Waals surface area (Å²) in [6.07, 6.45) is 0.217. The third-order valence-electron chi connectivity index (χ3n) is 5.82. The molecule has 0 spiro atoms. The standard InChI is InChI=1S/C28H29NO5S/c1-17(2)15-22(30)25-26(21-7-5-6-8-23(21)34-16-33-4)29(28(32)27(25)31)20-12-10-19(11-13-20)24-14-9-18(3)35-24/h5-14,17,26,31H,15-16H2,1-4H3. The zero-order valence-electron chi connectivity index (χ0n) is 20.3. The van der Waals surface area contributed by atoms with Crippen LogP contribution in [0.1, 0.15) is 36.8 Å². The van der Waals surface area contributed by atoms with Gasteiger partial charge in [-0.3, -0.25) is 14.5 Å². The number of carbonyl (C=O) groups excluding carboxylic acids is 2. The van der Waals surface area contributed by atoms with E-state index in [1.165, 1.54) is 16.9 Å². The first-order valence-electron chi connectivity index (χ1n) is 11.5. The van der Waals surface area contributed by atoms with Crippen molar-refractivity contribution in [2.45, 2.75) is 33.2 Å². The van der Waals surface area contributed by atoms with Gasteiger partial charge in [0.2, 0.25) is 0 Å². The SMILES string of the molecule is COCOc1ccccc1C1C(C(=O)CC(C)C)=C(O)C(=O)N1c1ccc(-c2ccc(C)s2)cc1. The molecule has 2 heterocycles. The summed E-state index contributed by atoms with van der Waals surface area (Å²) in [5.41, 5.74) is 2.31. The van der Waals surface area contributed by atoms with Crippen molar-refractivity contribution in [1.29, 1.82) is 0 Å². The average Bonchev–Trinajstić information content (AvgIpc) is 3.38. The Morgan fingerprint density at radius 1 is 1.09 bits per heavy atom. The topological polar surface area (TPSA) is 76.1 Å². The van der Waals surface area contributed by atoms with E-state index in [-0.39, 0.29) is 30.5 Å². The van der Waals surface area contributed by atoms with Crippen LogP contribution in [0.2, 0.25) is 0 Å². The third-order valence-corrected chi connectivity index (χ3v) is 6.87. The van der Waals surface area contributed by atoms with Crippen molar-refractivity contribution in [3.05, 3.63) is 82.4 Å². The number of Topliss-reactive ketones (excluding diaryl/α,β-unsaturated/α-hetero) is 1. The molecule has 0 aliphatic carbocycles. The fourth-order valence-corrected chi connectivity index (χ4v) is 5.14. The lowest BCUT2D eigenvalue weighted by Gasteiger charge is -2.28. The molecule has 182 valence electrons. The first-order valence-corrected chi connectivity index (χ1v) is 12.3. The molecule has 0 saturated carbocycles. The minimum atomic E-state index is -0.823. The maximum absolute atomic E-state index is 13.4. The van der Waals surface area contributed by atoms with E-state index >= 15 is 0 Å². The quantitative estimate of drug-likeness (QED) is 0.360. The van der Waals surface area contributed by atoms with Crippen LogP contribution in [-0.2, 0) is 14.3 Å². The molecule has 7 heteroatoms. The molecule has 1 unspecified atom stereocenters. The Morgan fingerprint density at radius 2 is 1.80 bits per heavy atom. The molecule has 1 atom stereocenters. The third kappa shape index (κ3) is 5.01. The van der Waals surface area contributed by atoms with Crippen molar-refractivity contribution >= 4 is 28.7 Å². The monoisotopic (exact) mass is 491 g/mol. The van der Waals surface area contributed by atoms with Crippen molar-refractivity contribution < 1.29 is 24.2 Å². The van der Waals surface area contributed by atoms with E-state index in [4.69, 9.17) is 9.47 Å². The lowest BCUT2D eigenvalue weighted by molar-refractivity contribution is -0.118. The van der Waals surface area contributed by atoms with Gasteiger partial charge in [0.05, 0.1) is 11.6 Å². The number of nitrogens with zero attached hydrogens (tertiary/aromatic N) is 1. The maximum Gasteiger partial charge on any atom is 0.294 e. The zero-order chi connectivity index (χ0) is 25.1. The lowest BCUT2D eigenvalue weighted by atomic mass is 9.91. The zero-order valence-corrected chi connectivity index (χ0v) is 21.1. The second-order valence-electron chi connectivity index (χ2n) is 8.91. The highest BCUT2D eigenvalue weighted by atomic mass is 32.1. The highest BCUT2D eigenvalue weighted by molar-refractivity contribution is 7.15. The van der Waals surface area contributed by atoms with Gasteiger partial charge in [-0.25, -0.2) is 0 Å². The van der Waals surface area contributed by atoms with Crippen LogP contribution in [-0.4, -0.2) is 30.7 Å². The van der Waals surface area contributed by atoms with E-state index in [1.807, 2.05) is 50.2 Å². The first kappa shape index (κ1) is 24.7. The summed E-state index contributed by atoms with van der Waals surface area (Å²) in [7, 11) is 1.52. The predicted molar refractivity (Wildman–Crippen MR) is 138 cm³/mol. The summed E-state index contributed by atoms with van der Waals surface area (Å²) >= 11 is 1.69. The molecule has 6 nitrogen and oxygen atoms in total. The van der Waals surface area contributed by atoms with Gasteiger partial charge in [0.1, 0.15) is 5.75 Å². The molecule has 35 heavy (non-hydrogen) atoms. The smallest absolute Gasteiger partial charge is 0.294 e. The number of ether oxygens (including phenoxy) is 2. The highest BCUT2D eigenvalue weighted by Gasteiger charge is 2.45. The van der Waals surface area contributed by atoms with Crippen LogP contribution in [0.4, 0.5) is 5.69 Å². The van der Waals surface area contributed by atoms with E-state index in [0.717, 1.165) is 10.4 Å². The van der Waals surface area contributed by atoms with E-state index in [9.17, 15) is 14.7 Å². The Bertz CT molecular complexity index is 1260. The minimum absolute atomic E-state index is 0.0115. The Kier molecular flexibility index (Phi) is 7.38. The Balaban J connectivity index is 1.80. The van der Waals surface area contributed by atoms with Crippen LogP contribution >= 0.6 is 11.3 Å². The molecule has 0 saturated heterocycles. The van der Waals surface area contributed by atoms with E-state index in [2.05, 4.69) is 19.1 Å². The molecule has 3 aromatic rings. The largest absolute Gasteiger partial charge is 0.503 e. The number of benzene rings is 2. The van der Waals surface area contributed by atoms with Gasteiger partial charge in [0.25, 0.3) is 5.91 Å². The molecular weight excluding hydrogens is 462 g/mol. The summed E-state index contributed by atoms with van der Waals surface area (Å²) in [6, 6.07) is 18.1. The normalized spacial score (nSPS) is 15.9. The molecule has 0 fully saturated rings. The Labute approximate surface area is 209 Å². The van der Waals surface area contributed by atoms with Gasteiger partial charge in [-0.05, 0) is 48.7 Å². The molecule has 0 radical (unpaired) electrons. The van der Waals surface area contributed by atoms with E-state index < -0.39 is 17.7 Å². The number of hydrogen-bond donors (Lipinski definition) is 1. The Hall–Kier alpha value is -3.42. The lowest BCUT2D eigenvalue weighted by Crippen LogP contribution is -2.31. The summed E-state index contributed by atoms with van der Waals surface area (Å²) in [6.45, 7) is 5.93. The Morgan fingerprint density at radius 3 is 2.43 bits per heavy atom. The van der Waals surface area contributed by atoms with Gasteiger partial charge in [-0.2, -0.15) is 0 Å². The van der Waals surface area contributed by atoms with Crippen molar-refractivity contribution in [3.63, 3.8) is 0 Å². The van der Waals surface area contributed by atoms with Gasteiger partial charge in [0.15, 0.2) is 18.3 Å². The molecule has 4 rings (SSSR count). The summed E-state index contributed by atoms with van der Waals surface area (Å²) < 4.78 is 10.8. The van der Waals surface area contributed by atoms with Crippen LogP contribution in [0.25, 0.3) is 10.4 Å². The van der Waals surface area contributed by atoms with Crippen molar-refractivity contribution in [3.8, 4) is 16.2 Å². The summed E-state index contributed by atoms with van der Waals surface area (Å²) in [5, 5.41) is 10.9. The number of ketones is 1. The number of para-hydroxylation sites is 1. The number of methoxy groups -OCH3 is 1. The van der Waals surface area contributed by atoms with Crippen LogP contribution in [0.15, 0.2) is 72.0 Å². The number of amides is 1. The average molecular weight is 492 g/mol. The van der Waals surface area contributed by atoms with Crippen molar-refractivity contribution in [1.82, 2.24) is 0 Å². The number of aliphatic hydroxyl groups is 1. The second kappa shape index (κ2) is 10.5. The molecule has 1 aliphatic rings. The predicted octanol–water partition coefficient (Wildman–Crippen LogP) is 6.22. The second-order valence-corrected chi connectivity index (χ2v) is 10.2. The molecule has 2 aromatic carbocycles. The first-order chi connectivity index (χ1) is 16.8. The molecule has 1 aromatic heterocycles. The van der Waals surface area contributed by atoms with Gasteiger partial charge >= 0.3 is 0 Å². The number of anilines is 1. The van der Waals surface area contributed by atoms with Gasteiger partial charge in [-0.1, -0.05) is 44.2 Å². The molecule has 1 amide bonds. The van der Waals surface area contributed by atoms with Gasteiger partial charge in [-0.15, -0.1) is 11.3 Å². The van der Waals surface area contributed by atoms with Crippen LogP contribution in [0.3, 0.4) is 0 Å². The maximum atomic E-state index is 13.4. The number of aliphatic hydroxyl groups excluding tert-OH is 1. The van der Waals surface area contributed by atoms with Crippen molar-refractivity contribution in [2.24, 2.45) is 5.92 Å².